The number of anilines is 1. The molecule has 3 aromatic heterocycles. The molecule has 0 aliphatic heterocycles. The van der Waals surface area contributed by atoms with Gasteiger partial charge in [-0.05, 0) is 60.7 Å². The second kappa shape index (κ2) is 9.20. The number of para-hydroxylation sites is 1. The molecule has 7 nitrogen and oxygen atoms in total. The van der Waals surface area contributed by atoms with E-state index in [1.165, 1.54) is 6.20 Å². The van der Waals surface area contributed by atoms with Crippen LogP contribution in [0.1, 0.15) is 17.2 Å². The Morgan fingerprint density at radius 2 is 1.83 bits per heavy atom. The summed E-state index contributed by atoms with van der Waals surface area (Å²) in [5, 5.41) is 4.73. The molecule has 0 spiro atoms. The number of nitrogens with one attached hydrogen (secondary N) is 1. The monoisotopic (exact) mass is 458 g/mol. The van der Waals surface area contributed by atoms with Crippen LogP contribution >= 0.6 is 0 Å². The molecule has 0 saturated heterocycles. The van der Waals surface area contributed by atoms with Crippen LogP contribution in [0.3, 0.4) is 0 Å². The summed E-state index contributed by atoms with van der Waals surface area (Å²) in [5.41, 5.74) is 4.44. The molecule has 35 heavy (non-hydrogen) atoms. The molecule has 0 atom stereocenters. The van der Waals surface area contributed by atoms with Crippen LogP contribution in [0.4, 0.5) is 11.5 Å². The minimum Gasteiger partial charge on any atom is -0.373 e. The third kappa shape index (κ3) is 4.25. The summed E-state index contributed by atoms with van der Waals surface area (Å²) in [6, 6.07) is 21.4. The highest BCUT2D eigenvalue weighted by atomic mass is 16.1. The summed E-state index contributed by atoms with van der Waals surface area (Å²) in [7, 11) is 0. The first-order valence-electron chi connectivity index (χ1n) is 11.2. The first-order chi connectivity index (χ1) is 17.0. The zero-order valence-corrected chi connectivity index (χ0v) is 19.4. The first kappa shape index (κ1) is 22.0. The average Bonchev–Trinajstić information content (AvgIpc) is 2.87. The highest BCUT2D eigenvalue weighted by Crippen LogP contribution is 2.29. The van der Waals surface area contributed by atoms with Gasteiger partial charge in [-0.2, -0.15) is 0 Å². The largest absolute Gasteiger partial charge is 0.373 e. The van der Waals surface area contributed by atoms with Gasteiger partial charge in [0.15, 0.2) is 0 Å². The fraction of sp³-hybridized carbons (Fsp3) is 0.107. The third-order valence-electron chi connectivity index (χ3n) is 5.79. The number of hydrogen-bond acceptors (Lipinski definition) is 5. The smallest absolute Gasteiger partial charge is 0.263 e. The molecule has 0 fully saturated rings. The fourth-order valence-corrected chi connectivity index (χ4v) is 4.21. The predicted octanol–water partition coefficient (Wildman–Crippen LogP) is 5.62. The molecule has 170 valence electrons. The Kier molecular flexibility index (Phi) is 5.78. The third-order valence-corrected chi connectivity index (χ3v) is 5.79. The molecule has 1 N–H and O–H groups in total. The fourth-order valence-electron chi connectivity index (χ4n) is 4.21. The molecule has 0 bridgehead atoms. The molecule has 0 amide bonds. The van der Waals surface area contributed by atoms with Gasteiger partial charge in [0.25, 0.3) is 5.56 Å². The van der Waals surface area contributed by atoms with Crippen molar-refractivity contribution >= 4 is 22.3 Å². The van der Waals surface area contributed by atoms with Gasteiger partial charge >= 0.3 is 0 Å². The summed E-state index contributed by atoms with van der Waals surface area (Å²) in [4.78, 5) is 30.4. The Morgan fingerprint density at radius 1 is 1.00 bits per heavy atom. The SMILES string of the molecule is [C-]#[N+]c1cnc(C)nc1NCc1cc2cccc(-c3ccnc(C)c3)c2c(=O)n1-c1ccccc1. The van der Waals surface area contributed by atoms with E-state index in [4.69, 9.17) is 6.57 Å². The van der Waals surface area contributed by atoms with Crippen molar-refractivity contribution in [1.82, 2.24) is 19.5 Å². The van der Waals surface area contributed by atoms with Crippen molar-refractivity contribution in [3.63, 3.8) is 0 Å². The molecule has 0 saturated carbocycles. The van der Waals surface area contributed by atoms with Gasteiger partial charge in [-0.1, -0.05) is 36.4 Å². The van der Waals surface area contributed by atoms with Crippen LogP contribution in [0.2, 0.25) is 0 Å². The zero-order chi connectivity index (χ0) is 24.4. The number of aryl methyl sites for hydroxylation is 2. The standard InChI is InChI=1S/C28H22N6O/c1-18-14-20(12-13-30-18)24-11-7-8-21-15-23(16-32-27-25(29-3)17-31-19(2)33-27)34(28(35)26(21)24)22-9-5-4-6-10-22/h4-15,17H,16H2,1-2H3,(H,31,32,33). The van der Waals surface area contributed by atoms with Crippen molar-refractivity contribution in [3.05, 3.63) is 118 Å². The number of aromatic nitrogens is 4. The van der Waals surface area contributed by atoms with Crippen LogP contribution in [0, 0.1) is 20.4 Å². The normalized spacial score (nSPS) is 10.8. The van der Waals surface area contributed by atoms with Crippen LogP contribution in [0.5, 0.6) is 0 Å². The lowest BCUT2D eigenvalue weighted by Crippen LogP contribution is -2.24. The van der Waals surface area contributed by atoms with Gasteiger partial charge in [0.05, 0.1) is 18.5 Å². The molecular weight excluding hydrogens is 436 g/mol. The van der Waals surface area contributed by atoms with E-state index in [9.17, 15) is 4.79 Å². The lowest BCUT2D eigenvalue weighted by molar-refractivity contribution is 0.889. The maximum atomic E-state index is 14.1. The highest BCUT2D eigenvalue weighted by Gasteiger charge is 2.16. The van der Waals surface area contributed by atoms with Gasteiger partial charge < -0.3 is 5.32 Å². The van der Waals surface area contributed by atoms with Crippen LogP contribution < -0.4 is 10.9 Å². The highest BCUT2D eigenvalue weighted by molar-refractivity contribution is 5.96. The van der Waals surface area contributed by atoms with E-state index in [-0.39, 0.29) is 5.56 Å². The summed E-state index contributed by atoms with van der Waals surface area (Å²) in [6.45, 7) is 11.4. The average molecular weight is 459 g/mol. The molecule has 7 heteroatoms. The second-order valence-corrected chi connectivity index (χ2v) is 8.18. The topological polar surface area (TPSA) is 77.1 Å². The number of rotatable bonds is 5. The van der Waals surface area contributed by atoms with Crippen LogP contribution in [0.25, 0.3) is 32.4 Å². The Hall–Kier alpha value is -4.83. The molecule has 2 aromatic carbocycles. The number of pyridine rings is 2. The summed E-state index contributed by atoms with van der Waals surface area (Å²) in [6.07, 6.45) is 3.27. The van der Waals surface area contributed by atoms with Crippen molar-refractivity contribution in [2.75, 3.05) is 5.32 Å². The molecule has 5 rings (SSSR count). The Bertz CT molecular complexity index is 1650. The van der Waals surface area contributed by atoms with E-state index in [1.807, 2.05) is 73.7 Å². The zero-order valence-electron chi connectivity index (χ0n) is 19.4. The van der Waals surface area contributed by atoms with Crippen LogP contribution in [-0.4, -0.2) is 19.5 Å². The van der Waals surface area contributed by atoms with Gasteiger partial charge in [0.1, 0.15) is 11.6 Å². The quantitative estimate of drug-likeness (QED) is 0.346. The van der Waals surface area contributed by atoms with Crippen molar-refractivity contribution < 1.29 is 0 Å². The van der Waals surface area contributed by atoms with E-state index in [1.54, 1.807) is 17.7 Å². The number of nitrogens with zero attached hydrogens (tertiary/aromatic N) is 5. The number of fused-ring (bicyclic) bond motifs is 1. The van der Waals surface area contributed by atoms with Crippen LogP contribution in [-0.2, 0) is 6.54 Å². The van der Waals surface area contributed by atoms with Crippen molar-refractivity contribution in [2.45, 2.75) is 20.4 Å². The van der Waals surface area contributed by atoms with Gasteiger partial charge in [-0.25, -0.2) is 9.83 Å². The Morgan fingerprint density at radius 3 is 2.60 bits per heavy atom. The minimum absolute atomic E-state index is 0.111. The maximum absolute atomic E-state index is 14.1. The van der Waals surface area contributed by atoms with E-state index < -0.39 is 0 Å². The van der Waals surface area contributed by atoms with Gasteiger partial charge in [-0.3, -0.25) is 19.3 Å². The molecular formula is C28H22N6O. The van der Waals surface area contributed by atoms with E-state index in [2.05, 4.69) is 25.1 Å². The van der Waals surface area contributed by atoms with Gasteiger partial charge in [-0.15, -0.1) is 0 Å². The minimum atomic E-state index is -0.111. The first-order valence-corrected chi connectivity index (χ1v) is 11.2. The van der Waals surface area contributed by atoms with Gasteiger partial charge in [0.2, 0.25) is 5.69 Å². The van der Waals surface area contributed by atoms with Crippen LogP contribution in [0.15, 0.2) is 83.9 Å². The van der Waals surface area contributed by atoms with E-state index in [0.717, 1.165) is 33.6 Å². The number of benzene rings is 2. The lowest BCUT2D eigenvalue weighted by atomic mass is 9.99. The van der Waals surface area contributed by atoms with Crippen molar-refractivity contribution in [3.8, 4) is 16.8 Å². The van der Waals surface area contributed by atoms with E-state index >= 15 is 0 Å². The molecule has 0 unspecified atom stereocenters. The number of hydrogen-bond donors (Lipinski definition) is 1. The second-order valence-electron chi connectivity index (χ2n) is 8.18. The molecule has 5 aromatic rings. The van der Waals surface area contributed by atoms with Crippen molar-refractivity contribution in [2.24, 2.45) is 0 Å². The summed E-state index contributed by atoms with van der Waals surface area (Å²) < 4.78 is 1.72. The summed E-state index contributed by atoms with van der Waals surface area (Å²) >= 11 is 0. The van der Waals surface area contributed by atoms with E-state index in [0.29, 0.717) is 29.3 Å². The lowest BCUT2D eigenvalue weighted by Gasteiger charge is -2.17. The van der Waals surface area contributed by atoms with Gasteiger partial charge in [0, 0.05) is 29.5 Å². The molecule has 0 radical (unpaired) electrons. The maximum Gasteiger partial charge on any atom is 0.263 e. The van der Waals surface area contributed by atoms with Crippen molar-refractivity contribution in [1.29, 1.82) is 0 Å². The Labute approximate surface area is 202 Å². The summed E-state index contributed by atoms with van der Waals surface area (Å²) in [5.74, 6) is 1.01. The Balaban J connectivity index is 1.71. The molecule has 3 heterocycles. The molecule has 0 aliphatic rings. The molecule has 0 aliphatic carbocycles. The predicted molar refractivity (Wildman–Crippen MR) is 138 cm³/mol.